The van der Waals surface area contributed by atoms with Gasteiger partial charge in [0, 0.05) is 75.3 Å². The highest BCUT2D eigenvalue weighted by atomic mass is 32.2. The van der Waals surface area contributed by atoms with Gasteiger partial charge in [0.25, 0.3) is 0 Å². The van der Waals surface area contributed by atoms with Gasteiger partial charge in [0.15, 0.2) is 0 Å². The fraction of sp³-hybridized carbons (Fsp3) is 0.520. The average Bonchev–Trinajstić information content (AvgIpc) is 3.28. The highest BCUT2D eigenvalue weighted by molar-refractivity contribution is 7.91. The van der Waals surface area contributed by atoms with E-state index in [1.54, 1.807) is 13.2 Å². The minimum Gasteiger partial charge on any atom is -0.497 e. The lowest BCUT2D eigenvalue weighted by atomic mass is 9.59. The monoisotopic (exact) mass is 907 g/mol. The summed E-state index contributed by atoms with van der Waals surface area (Å²) in [5.41, 5.74) is 9.29. The van der Waals surface area contributed by atoms with E-state index in [4.69, 9.17) is 10.5 Å². The van der Waals surface area contributed by atoms with E-state index < -0.39 is 36.9 Å². The van der Waals surface area contributed by atoms with E-state index in [-0.39, 0.29) is 33.7 Å². The summed E-state index contributed by atoms with van der Waals surface area (Å²) in [6.07, 6.45) is 7.98. The van der Waals surface area contributed by atoms with E-state index in [2.05, 4.69) is 82.2 Å². The Labute approximate surface area is 383 Å². The molecule has 15 heteroatoms. The number of nitrogens with one attached hydrogen (secondary N) is 1. The van der Waals surface area contributed by atoms with Crippen molar-refractivity contribution in [2.75, 3.05) is 50.1 Å². The molecule has 0 radical (unpaired) electrons. The van der Waals surface area contributed by atoms with Crippen LogP contribution in [0, 0.1) is 21.4 Å². The summed E-state index contributed by atoms with van der Waals surface area (Å²) in [5.74, 6) is 0.505. The maximum atomic E-state index is 14.3. The molecule has 3 heterocycles. The second-order valence-corrected chi connectivity index (χ2v) is 21.8. The van der Waals surface area contributed by atoms with Crippen LogP contribution < -0.4 is 20.7 Å². The van der Waals surface area contributed by atoms with Crippen LogP contribution in [0.4, 0.5) is 17.2 Å². The van der Waals surface area contributed by atoms with Gasteiger partial charge in [-0.05, 0) is 129 Å². The Balaban J connectivity index is 0.960. The smallest absolute Gasteiger partial charge is 0.312 e. The number of anilines is 2. The van der Waals surface area contributed by atoms with Crippen molar-refractivity contribution in [3.8, 4) is 5.75 Å². The van der Waals surface area contributed by atoms with E-state index in [1.807, 2.05) is 19.1 Å². The molecule has 1 spiro atoms. The molecule has 4 fully saturated rings. The summed E-state index contributed by atoms with van der Waals surface area (Å²) in [5, 5.41) is 25.6. The van der Waals surface area contributed by atoms with Crippen LogP contribution in [0.1, 0.15) is 118 Å². The van der Waals surface area contributed by atoms with Crippen molar-refractivity contribution in [3.63, 3.8) is 0 Å². The molecule has 65 heavy (non-hydrogen) atoms. The molecule has 1 aromatic heterocycles. The molecule has 4 aromatic rings. The number of nitro groups is 1. The Morgan fingerprint density at radius 1 is 1.02 bits per heavy atom. The second-order valence-electron chi connectivity index (χ2n) is 19.8. The number of aliphatic hydroxyl groups is 1. The molecule has 2 aliphatic heterocycles. The molecule has 4 aliphatic rings. The van der Waals surface area contributed by atoms with Crippen molar-refractivity contribution >= 4 is 32.9 Å². The van der Waals surface area contributed by atoms with Gasteiger partial charge in [0.2, 0.25) is 21.6 Å². The Bertz CT molecular complexity index is 2470. The highest BCUT2D eigenvalue weighted by Gasteiger charge is 2.51. The number of rotatable bonds is 14. The number of hydrogen-bond acceptors (Lipinski definition) is 12. The summed E-state index contributed by atoms with van der Waals surface area (Å²) >= 11 is 0. The molecule has 0 unspecified atom stereocenters. The first-order chi connectivity index (χ1) is 31.0. The van der Waals surface area contributed by atoms with Crippen LogP contribution in [0.5, 0.6) is 5.75 Å². The number of methoxy groups -OCH3 is 1. The number of carbonyl (C=O) groups excluding carboxylic acids is 1. The van der Waals surface area contributed by atoms with Gasteiger partial charge in [0.1, 0.15) is 5.75 Å². The number of amides is 1. The largest absolute Gasteiger partial charge is 0.497 e. The van der Waals surface area contributed by atoms with Crippen LogP contribution in [-0.4, -0.2) is 96.7 Å². The summed E-state index contributed by atoms with van der Waals surface area (Å²) in [4.78, 5) is 35.4. The third-order valence-electron chi connectivity index (χ3n) is 15.0. The Kier molecular flexibility index (Phi) is 13.3. The van der Waals surface area contributed by atoms with Crippen molar-refractivity contribution in [1.29, 1.82) is 0 Å². The van der Waals surface area contributed by atoms with Crippen molar-refractivity contribution in [2.24, 2.45) is 17.1 Å². The van der Waals surface area contributed by atoms with Crippen LogP contribution in [0.2, 0.25) is 0 Å². The number of sulfone groups is 1. The Hall–Kier alpha value is -5.09. The minimum absolute atomic E-state index is 0.0342. The maximum absolute atomic E-state index is 14.3. The molecule has 14 nitrogen and oxygen atoms in total. The molecule has 348 valence electrons. The summed E-state index contributed by atoms with van der Waals surface area (Å²) in [6, 6.07) is 24.1. The number of hydrogen-bond donors (Lipinski definition) is 3. The number of primary amides is 1. The van der Waals surface area contributed by atoms with Crippen LogP contribution in [0.15, 0.2) is 88.8 Å². The van der Waals surface area contributed by atoms with Crippen LogP contribution in [0.3, 0.4) is 0 Å². The van der Waals surface area contributed by atoms with Gasteiger partial charge in [-0.15, -0.1) is 0 Å². The van der Waals surface area contributed by atoms with Gasteiger partial charge in [0.05, 0.1) is 33.0 Å². The molecule has 1 amide bonds. The van der Waals surface area contributed by atoms with Gasteiger partial charge in [-0.2, -0.15) is 0 Å². The molecule has 3 aromatic carbocycles. The predicted octanol–water partition coefficient (Wildman–Crippen LogP) is 8.10. The third kappa shape index (κ3) is 9.89. The van der Waals surface area contributed by atoms with Gasteiger partial charge >= 0.3 is 5.69 Å². The summed E-state index contributed by atoms with van der Waals surface area (Å²) in [7, 11) is -2.77. The van der Waals surface area contributed by atoms with E-state index in [0.717, 1.165) is 89.3 Å². The molecule has 2 aliphatic carbocycles. The first-order valence-electron chi connectivity index (χ1n) is 23.2. The van der Waals surface area contributed by atoms with E-state index in [9.17, 15) is 28.4 Å². The first-order valence-corrected chi connectivity index (χ1v) is 24.7. The molecule has 2 saturated heterocycles. The van der Waals surface area contributed by atoms with Gasteiger partial charge in [-0.1, -0.05) is 50.2 Å². The third-order valence-corrected chi connectivity index (χ3v) is 16.8. The maximum Gasteiger partial charge on any atom is 0.312 e. The normalized spacial score (nSPS) is 24.2. The topological polar surface area (TPSA) is 184 Å². The number of aromatic nitrogens is 1. The molecule has 0 bridgehead atoms. The quantitative estimate of drug-likeness (QED) is 0.0818. The number of piperazine rings is 1. The molecular formula is C50H65N7O7S. The number of piperidine rings is 1. The van der Waals surface area contributed by atoms with Gasteiger partial charge in [-0.25, -0.2) is 13.4 Å². The minimum atomic E-state index is -4.46. The second kappa shape index (κ2) is 18.7. The summed E-state index contributed by atoms with van der Waals surface area (Å²) < 4.78 is 34.0. The van der Waals surface area contributed by atoms with Gasteiger partial charge < -0.3 is 25.8 Å². The SMILES string of the molecule is COc1ccc(CN2C[C@@H](c3ccccc3C(C)C)N(C3CC4(CCN(c5ccc(C(N)=O)c(S(=O)(=O)c6cnc(NCC7CCC(C)(O)CC7)c([N+](=O)[O-])c6)c5)CC4)C3)C[C@H]2C)cc1. The molecule has 8 rings (SSSR count). The lowest BCUT2D eigenvalue weighted by Crippen LogP contribution is -2.61. The fourth-order valence-corrected chi connectivity index (χ4v) is 12.4. The number of ether oxygens (including phenoxy) is 1. The number of pyridine rings is 1. The Morgan fingerprint density at radius 3 is 2.35 bits per heavy atom. The van der Waals surface area contributed by atoms with Crippen LogP contribution in [-0.2, 0) is 16.4 Å². The van der Waals surface area contributed by atoms with Gasteiger partial charge in [-0.3, -0.25) is 24.7 Å². The molecule has 2 saturated carbocycles. The fourth-order valence-electron chi connectivity index (χ4n) is 10.9. The number of nitrogens with two attached hydrogens (primary N) is 1. The molecular weight excluding hydrogens is 843 g/mol. The zero-order valence-corrected chi connectivity index (χ0v) is 39.2. The molecule has 4 N–H and O–H groups in total. The van der Waals surface area contributed by atoms with Crippen molar-refractivity contribution in [2.45, 2.75) is 125 Å². The standard InChI is InChI=1S/C50H65N7O7S/c1-33(2)41-8-6-7-9-42(41)45-32-55(31-36-10-13-39(64-5)14-11-36)34(3)30-56(45)38-26-50(27-38)20-22-54(23-21-50)37-12-15-43(47(51)58)46(24-37)65(62,63)40-25-44(57(60)61)48(53-29-40)52-28-35-16-18-49(4,59)19-17-35/h6-15,24-25,29,33-35,38,45,59H,16-23,26-28,30-32H2,1-5H3,(H2,51,58)(H,52,53)/t34-,35?,45+,49?/m1/s1. The number of benzene rings is 3. The lowest BCUT2D eigenvalue weighted by Gasteiger charge is -2.59. The molecule has 2 atom stereocenters. The number of carbonyl (C=O) groups is 1. The van der Waals surface area contributed by atoms with Crippen molar-refractivity contribution < 1.29 is 28.0 Å². The van der Waals surface area contributed by atoms with E-state index >= 15 is 0 Å². The first kappa shape index (κ1) is 46.4. The van der Waals surface area contributed by atoms with Crippen LogP contribution in [0.25, 0.3) is 0 Å². The predicted molar refractivity (Wildman–Crippen MR) is 252 cm³/mol. The van der Waals surface area contributed by atoms with Crippen molar-refractivity contribution in [1.82, 2.24) is 14.8 Å². The zero-order chi connectivity index (χ0) is 46.3. The van der Waals surface area contributed by atoms with Crippen LogP contribution >= 0.6 is 0 Å². The van der Waals surface area contributed by atoms with E-state index in [1.165, 1.54) is 28.8 Å². The van der Waals surface area contributed by atoms with Crippen molar-refractivity contribution in [3.05, 3.63) is 111 Å². The average molecular weight is 908 g/mol. The lowest BCUT2D eigenvalue weighted by molar-refractivity contribution is -0.384. The Morgan fingerprint density at radius 2 is 1.71 bits per heavy atom. The van der Waals surface area contributed by atoms with E-state index in [0.29, 0.717) is 43.1 Å². The number of nitrogens with zero attached hydrogens (tertiary/aromatic N) is 5. The summed E-state index contributed by atoms with van der Waals surface area (Å²) in [6.45, 7) is 13.4. The highest BCUT2D eigenvalue weighted by Crippen LogP contribution is 2.54. The zero-order valence-electron chi connectivity index (χ0n) is 38.4.